The second-order valence-electron chi connectivity index (χ2n) is 11.8. The molecule has 0 aliphatic heterocycles. The van der Waals surface area contributed by atoms with Gasteiger partial charge < -0.3 is 0 Å². The van der Waals surface area contributed by atoms with Crippen LogP contribution >= 0.6 is 11.6 Å². The van der Waals surface area contributed by atoms with Gasteiger partial charge in [0.2, 0.25) is 0 Å². The quantitative estimate of drug-likeness (QED) is 0.220. The molecule has 0 saturated heterocycles. The summed E-state index contributed by atoms with van der Waals surface area (Å²) < 4.78 is 5.31. The normalized spacial score (nSPS) is 12.2. The highest BCUT2D eigenvalue weighted by Gasteiger charge is 2.26. The number of benzene rings is 3. The third-order valence-electron chi connectivity index (χ3n) is 7.64. The summed E-state index contributed by atoms with van der Waals surface area (Å²) in [4.78, 5) is 8.02. The molecule has 0 radical (unpaired) electrons. The van der Waals surface area contributed by atoms with Crippen LogP contribution in [-0.4, -0.2) is 44.5 Å². The zero-order valence-electron chi connectivity index (χ0n) is 25.7. The van der Waals surface area contributed by atoms with Crippen LogP contribution in [0.4, 0.5) is 0 Å². The van der Waals surface area contributed by atoms with E-state index in [-0.39, 0.29) is 6.04 Å². The van der Waals surface area contributed by atoms with Crippen LogP contribution in [0.2, 0.25) is 5.02 Å². The molecule has 3 aromatic carbocycles. The Labute approximate surface area is 266 Å². The number of rotatable bonds is 7. The molecule has 0 unspecified atom stereocenters. The lowest BCUT2D eigenvalue weighted by Gasteiger charge is -2.23. The summed E-state index contributed by atoms with van der Waals surface area (Å²) in [6, 6.07) is 24.4. The molecular weight excluding hydrogens is 586 g/mol. The van der Waals surface area contributed by atoms with Crippen molar-refractivity contribution >= 4 is 22.6 Å². The smallest absolute Gasteiger partial charge is 0.137 e. The maximum atomic E-state index is 9.40. The molecule has 11 nitrogen and oxygen atoms in total. The van der Waals surface area contributed by atoms with Gasteiger partial charge in [-0.3, -0.25) is 0 Å². The van der Waals surface area contributed by atoms with E-state index in [1.165, 1.54) is 12.7 Å². The molecule has 0 fully saturated rings. The molecule has 0 saturated carbocycles. The van der Waals surface area contributed by atoms with Gasteiger partial charge in [0.15, 0.2) is 0 Å². The Balaban J connectivity index is 0.000000178. The lowest BCUT2D eigenvalue weighted by molar-refractivity contribution is 0.594. The highest BCUT2D eigenvalue weighted by molar-refractivity contribution is 6.30. The Bertz CT molecular complexity index is 1930. The maximum absolute atomic E-state index is 9.40. The van der Waals surface area contributed by atoms with Crippen LogP contribution < -0.4 is 0 Å². The average Bonchev–Trinajstić information content (AvgIpc) is 3.83. The SMILES string of the molecule is CC(C)(C#N)c1cc(Cn2cncn2)cc(C(C)(C)C#N)c1.Cn1nnc2ccc([C@H](c3ccc(Cl)cc3)n3cncn3)cc21. The average molecular weight is 618 g/mol. The molecule has 1 atom stereocenters. The fourth-order valence-electron chi connectivity index (χ4n) is 4.85. The van der Waals surface area contributed by atoms with Gasteiger partial charge >= 0.3 is 0 Å². The first-order valence-corrected chi connectivity index (χ1v) is 14.6. The predicted molar refractivity (Wildman–Crippen MR) is 170 cm³/mol. The van der Waals surface area contributed by atoms with Crippen molar-refractivity contribution in [3.8, 4) is 12.1 Å². The van der Waals surface area contributed by atoms with Crippen LogP contribution in [-0.2, 0) is 24.4 Å². The molecule has 0 N–H and O–H groups in total. The van der Waals surface area contributed by atoms with E-state index in [1.54, 1.807) is 22.0 Å². The fourth-order valence-corrected chi connectivity index (χ4v) is 4.97. The topological polar surface area (TPSA) is 140 Å². The third kappa shape index (κ3) is 6.90. The molecule has 12 heteroatoms. The minimum Gasteiger partial charge on any atom is -0.249 e. The van der Waals surface area contributed by atoms with Crippen molar-refractivity contribution in [3.05, 3.63) is 119 Å². The summed E-state index contributed by atoms with van der Waals surface area (Å²) in [6.07, 6.45) is 6.39. The molecule has 0 amide bonds. The van der Waals surface area contributed by atoms with Gasteiger partial charge in [0, 0.05) is 12.1 Å². The second kappa shape index (κ2) is 12.7. The van der Waals surface area contributed by atoms with E-state index in [0.717, 1.165) is 38.9 Å². The standard InChI is InChI=1S/C17H19N5.C16H13ClN6/c1-16(2,9-18)14-5-13(8-22-12-20-11-21-22)6-15(7-14)17(3,4)10-19;1-22-15-8-12(4-7-14(15)20-21-22)16(23-10-18-9-19-23)11-2-5-13(17)6-3-11/h5-7,11-12H,8H2,1-4H3;2-10,16H,1H3/t;16-/m.0/s1. The predicted octanol–water partition coefficient (Wildman–Crippen LogP) is 5.78. The van der Waals surface area contributed by atoms with E-state index in [2.05, 4.69) is 48.7 Å². The molecule has 0 aliphatic carbocycles. The summed E-state index contributed by atoms with van der Waals surface area (Å²) in [5.41, 5.74) is 5.59. The Kier molecular flexibility index (Phi) is 8.75. The van der Waals surface area contributed by atoms with Crippen LogP contribution in [0.3, 0.4) is 0 Å². The Morgan fingerprint density at radius 1 is 0.800 bits per heavy atom. The lowest BCUT2D eigenvalue weighted by atomic mass is 9.79. The van der Waals surface area contributed by atoms with Gasteiger partial charge in [0.05, 0.1) is 35.0 Å². The van der Waals surface area contributed by atoms with E-state index >= 15 is 0 Å². The molecule has 0 bridgehead atoms. The van der Waals surface area contributed by atoms with Crippen molar-refractivity contribution in [3.63, 3.8) is 0 Å². The van der Waals surface area contributed by atoms with Crippen LogP contribution in [0.25, 0.3) is 11.0 Å². The molecule has 3 heterocycles. The van der Waals surface area contributed by atoms with E-state index in [4.69, 9.17) is 11.6 Å². The number of nitriles is 2. The lowest BCUT2D eigenvalue weighted by Crippen LogP contribution is -2.20. The minimum atomic E-state index is -0.612. The van der Waals surface area contributed by atoms with Gasteiger partial charge in [-0.05, 0) is 79.8 Å². The van der Waals surface area contributed by atoms with Gasteiger partial charge in [-0.25, -0.2) is 24.0 Å². The molecule has 45 heavy (non-hydrogen) atoms. The van der Waals surface area contributed by atoms with Crippen molar-refractivity contribution in [2.24, 2.45) is 7.05 Å². The number of halogens is 1. The first-order valence-electron chi connectivity index (χ1n) is 14.2. The second-order valence-corrected chi connectivity index (χ2v) is 12.2. The van der Waals surface area contributed by atoms with Gasteiger partial charge in [0.1, 0.15) is 36.9 Å². The van der Waals surface area contributed by atoms with Crippen LogP contribution in [0.15, 0.2) is 86.0 Å². The fraction of sp³-hybridized carbons (Fsp3) is 0.273. The Morgan fingerprint density at radius 2 is 1.42 bits per heavy atom. The molecule has 6 aromatic rings. The van der Waals surface area contributed by atoms with Crippen molar-refractivity contribution in [2.75, 3.05) is 0 Å². The van der Waals surface area contributed by atoms with E-state index in [1.807, 2.05) is 94.0 Å². The van der Waals surface area contributed by atoms with Gasteiger partial charge in [0.25, 0.3) is 0 Å². The molecule has 6 rings (SSSR count). The highest BCUT2D eigenvalue weighted by Crippen LogP contribution is 2.31. The Morgan fingerprint density at radius 3 is 2.00 bits per heavy atom. The van der Waals surface area contributed by atoms with Gasteiger partial charge in [-0.15, -0.1) is 5.10 Å². The van der Waals surface area contributed by atoms with Crippen molar-refractivity contribution in [2.45, 2.75) is 51.1 Å². The number of hydrogen-bond donors (Lipinski definition) is 0. The van der Waals surface area contributed by atoms with E-state index in [9.17, 15) is 10.5 Å². The summed E-state index contributed by atoms with van der Waals surface area (Å²) >= 11 is 6.02. The molecule has 0 spiro atoms. The molecule has 3 aromatic heterocycles. The summed E-state index contributed by atoms with van der Waals surface area (Å²) in [5.74, 6) is 0. The summed E-state index contributed by atoms with van der Waals surface area (Å²) in [6.45, 7) is 8.08. The monoisotopic (exact) mass is 617 g/mol. The number of hydrogen-bond acceptors (Lipinski definition) is 8. The number of nitrogens with zero attached hydrogens (tertiary/aromatic N) is 11. The number of aryl methyl sites for hydroxylation is 1. The zero-order valence-corrected chi connectivity index (χ0v) is 26.4. The minimum absolute atomic E-state index is 0.0888. The number of aromatic nitrogens is 9. The van der Waals surface area contributed by atoms with Crippen molar-refractivity contribution in [1.29, 1.82) is 10.5 Å². The third-order valence-corrected chi connectivity index (χ3v) is 7.90. The maximum Gasteiger partial charge on any atom is 0.137 e. The van der Waals surface area contributed by atoms with Crippen LogP contribution in [0.5, 0.6) is 0 Å². The largest absolute Gasteiger partial charge is 0.249 e. The highest BCUT2D eigenvalue weighted by atomic mass is 35.5. The van der Waals surface area contributed by atoms with Gasteiger partial charge in [-0.2, -0.15) is 20.7 Å². The molecule has 0 aliphatic rings. The van der Waals surface area contributed by atoms with Crippen molar-refractivity contribution in [1.82, 2.24) is 44.5 Å². The first kappa shape index (κ1) is 31.0. The van der Waals surface area contributed by atoms with Crippen molar-refractivity contribution < 1.29 is 0 Å². The van der Waals surface area contributed by atoms with E-state index in [0.29, 0.717) is 11.6 Å². The summed E-state index contributed by atoms with van der Waals surface area (Å²) in [5, 5.41) is 36.1. The van der Waals surface area contributed by atoms with Crippen LogP contribution in [0, 0.1) is 22.7 Å². The summed E-state index contributed by atoms with van der Waals surface area (Å²) in [7, 11) is 1.88. The first-order chi connectivity index (χ1) is 21.5. The molecule has 226 valence electrons. The number of fused-ring (bicyclic) bond motifs is 1. The molecular formula is C33H32ClN11. The van der Waals surface area contributed by atoms with Crippen LogP contribution in [0.1, 0.15) is 61.6 Å². The Hall–Kier alpha value is -5.39. The zero-order chi connectivity index (χ0) is 32.2. The van der Waals surface area contributed by atoms with E-state index < -0.39 is 10.8 Å². The van der Waals surface area contributed by atoms with Gasteiger partial charge in [-0.1, -0.05) is 53.2 Å².